The number of sulfonamides is 1. The molecule has 0 saturated carbocycles. The second kappa shape index (κ2) is 8.66. The van der Waals surface area contributed by atoms with Crippen molar-refractivity contribution < 1.29 is 13.2 Å². The number of anilines is 1. The van der Waals surface area contributed by atoms with Crippen LogP contribution in [0.15, 0.2) is 47.4 Å². The average molecular weight is 477 g/mol. The standard InChI is InChI=1S/C21H21ClN4O3S2/c1-13-5-10-18(14(2)12-13)31(28,29)26-11-3-4-17(26)20-24-25-21(30-20)19(27)23-16-8-6-15(22)7-9-16/h5-10,12,17H,3-4,11H2,1-2H3,(H,23,27)/t17-/m0/s1. The van der Waals surface area contributed by atoms with Gasteiger partial charge in [-0.25, -0.2) is 8.42 Å². The van der Waals surface area contributed by atoms with Gasteiger partial charge in [-0.3, -0.25) is 4.79 Å². The van der Waals surface area contributed by atoms with Crippen molar-refractivity contribution in [2.24, 2.45) is 0 Å². The minimum Gasteiger partial charge on any atom is -0.320 e. The van der Waals surface area contributed by atoms with Crippen LogP contribution in [-0.2, 0) is 10.0 Å². The Hall–Kier alpha value is -2.33. The predicted molar refractivity (Wildman–Crippen MR) is 121 cm³/mol. The summed E-state index contributed by atoms with van der Waals surface area (Å²) in [6.45, 7) is 4.14. The van der Waals surface area contributed by atoms with Gasteiger partial charge in [0.05, 0.1) is 10.9 Å². The minimum absolute atomic E-state index is 0.181. The number of nitrogens with zero attached hydrogens (tertiary/aromatic N) is 3. The highest BCUT2D eigenvalue weighted by Crippen LogP contribution is 2.38. The largest absolute Gasteiger partial charge is 0.320 e. The molecule has 1 saturated heterocycles. The number of hydrogen-bond donors (Lipinski definition) is 1. The highest BCUT2D eigenvalue weighted by Gasteiger charge is 2.39. The molecule has 0 aliphatic carbocycles. The Morgan fingerprint density at radius 1 is 1.16 bits per heavy atom. The highest BCUT2D eigenvalue weighted by molar-refractivity contribution is 7.89. The van der Waals surface area contributed by atoms with Gasteiger partial charge in [0.2, 0.25) is 15.0 Å². The first-order chi connectivity index (χ1) is 14.8. The van der Waals surface area contributed by atoms with Crippen molar-refractivity contribution in [3.05, 3.63) is 68.6 Å². The number of rotatable bonds is 5. The molecule has 4 rings (SSSR count). The first-order valence-electron chi connectivity index (χ1n) is 9.75. The Bertz CT molecular complexity index is 1230. The molecule has 3 aromatic rings. The number of aromatic nitrogens is 2. The minimum atomic E-state index is -3.69. The zero-order valence-electron chi connectivity index (χ0n) is 17.0. The van der Waals surface area contributed by atoms with E-state index in [9.17, 15) is 13.2 Å². The Labute approximate surface area is 190 Å². The summed E-state index contributed by atoms with van der Waals surface area (Å²) in [6.07, 6.45) is 1.36. The van der Waals surface area contributed by atoms with Crippen LogP contribution in [0.2, 0.25) is 5.02 Å². The summed E-state index contributed by atoms with van der Waals surface area (Å²) in [5.74, 6) is -0.396. The van der Waals surface area contributed by atoms with Gasteiger partial charge in [0.25, 0.3) is 5.91 Å². The van der Waals surface area contributed by atoms with Crippen LogP contribution in [0.5, 0.6) is 0 Å². The zero-order valence-corrected chi connectivity index (χ0v) is 19.4. The molecule has 2 aromatic carbocycles. The summed E-state index contributed by atoms with van der Waals surface area (Å²) >= 11 is 6.98. The molecule has 10 heteroatoms. The van der Waals surface area contributed by atoms with Crippen LogP contribution in [0.3, 0.4) is 0 Å². The lowest BCUT2D eigenvalue weighted by Crippen LogP contribution is -2.31. The Balaban J connectivity index is 1.56. The number of halogens is 1. The molecular formula is C21H21ClN4O3S2. The van der Waals surface area contributed by atoms with E-state index >= 15 is 0 Å². The fourth-order valence-electron chi connectivity index (χ4n) is 3.67. The van der Waals surface area contributed by atoms with Gasteiger partial charge in [0.1, 0.15) is 5.01 Å². The van der Waals surface area contributed by atoms with Crippen LogP contribution in [0.25, 0.3) is 0 Å². The SMILES string of the molecule is Cc1ccc(S(=O)(=O)N2CCC[C@H]2c2nnc(C(=O)Nc3ccc(Cl)cc3)s2)c(C)c1. The quantitative estimate of drug-likeness (QED) is 0.581. The maximum Gasteiger partial charge on any atom is 0.286 e. The fraction of sp³-hybridized carbons (Fsp3) is 0.286. The van der Waals surface area contributed by atoms with Crippen molar-refractivity contribution in [3.8, 4) is 0 Å². The van der Waals surface area contributed by atoms with Gasteiger partial charge in [-0.15, -0.1) is 10.2 Å². The van der Waals surface area contributed by atoms with E-state index in [-0.39, 0.29) is 5.01 Å². The molecule has 0 bridgehead atoms. The summed E-state index contributed by atoms with van der Waals surface area (Å²) in [4.78, 5) is 12.8. The molecule has 0 radical (unpaired) electrons. The average Bonchev–Trinajstić information content (AvgIpc) is 3.39. The smallest absolute Gasteiger partial charge is 0.286 e. The molecule has 1 aliphatic heterocycles. The van der Waals surface area contributed by atoms with E-state index in [0.29, 0.717) is 39.1 Å². The number of aryl methyl sites for hydroxylation is 2. The van der Waals surface area contributed by atoms with Gasteiger partial charge in [-0.05, 0) is 62.6 Å². The van der Waals surface area contributed by atoms with E-state index in [1.54, 1.807) is 43.3 Å². The lowest BCUT2D eigenvalue weighted by atomic mass is 10.2. The molecule has 31 heavy (non-hydrogen) atoms. The van der Waals surface area contributed by atoms with E-state index in [1.165, 1.54) is 4.31 Å². The van der Waals surface area contributed by atoms with Gasteiger partial charge >= 0.3 is 0 Å². The predicted octanol–water partition coefficient (Wildman–Crippen LogP) is 4.59. The number of carbonyl (C=O) groups is 1. The van der Waals surface area contributed by atoms with Gasteiger partial charge in [0.15, 0.2) is 0 Å². The normalized spacial score (nSPS) is 17.1. The molecule has 162 valence electrons. The summed E-state index contributed by atoms with van der Waals surface area (Å²) in [5.41, 5.74) is 2.31. The molecule has 2 heterocycles. The van der Waals surface area contributed by atoms with Crippen molar-refractivity contribution in [1.29, 1.82) is 0 Å². The van der Waals surface area contributed by atoms with Crippen LogP contribution in [0, 0.1) is 13.8 Å². The van der Waals surface area contributed by atoms with Crippen molar-refractivity contribution >= 4 is 44.6 Å². The third-order valence-corrected chi connectivity index (χ3v) is 8.49. The van der Waals surface area contributed by atoms with Crippen LogP contribution < -0.4 is 5.32 Å². The van der Waals surface area contributed by atoms with Gasteiger partial charge < -0.3 is 5.32 Å². The third-order valence-electron chi connectivity index (χ3n) is 5.14. The van der Waals surface area contributed by atoms with E-state index in [2.05, 4.69) is 15.5 Å². The first kappa shape index (κ1) is 21.9. The second-order valence-electron chi connectivity index (χ2n) is 7.45. The number of amides is 1. The van der Waals surface area contributed by atoms with E-state index in [1.807, 2.05) is 13.0 Å². The summed E-state index contributed by atoms with van der Waals surface area (Å²) in [7, 11) is -3.69. The van der Waals surface area contributed by atoms with Crippen LogP contribution in [-0.4, -0.2) is 35.4 Å². The van der Waals surface area contributed by atoms with E-state index in [0.717, 1.165) is 23.3 Å². The number of hydrogen-bond acceptors (Lipinski definition) is 6. The van der Waals surface area contributed by atoms with E-state index < -0.39 is 22.0 Å². The maximum absolute atomic E-state index is 13.4. The molecule has 1 fully saturated rings. The van der Waals surface area contributed by atoms with Gasteiger partial charge in [0, 0.05) is 17.3 Å². The number of nitrogens with one attached hydrogen (secondary N) is 1. The topological polar surface area (TPSA) is 92.3 Å². The summed E-state index contributed by atoms with van der Waals surface area (Å²) in [5, 5.41) is 12.2. The maximum atomic E-state index is 13.4. The lowest BCUT2D eigenvalue weighted by Gasteiger charge is -2.23. The van der Waals surface area contributed by atoms with Crippen molar-refractivity contribution in [2.75, 3.05) is 11.9 Å². The van der Waals surface area contributed by atoms with Crippen molar-refractivity contribution in [3.63, 3.8) is 0 Å². The van der Waals surface area contributed by atoms with Crippen LogP contribution in [0.4, 0.5) is 5.69 Å². The fourth-order valence-corrected chi connectivity index (χ4v) is 6.62. The molecule has 1 aromatic heterocycles. The zero-order chi connectivity index (χ0) is 22.2. The van der Waals surface area contributed by atoms with E-state index in [4.69, 9.17) is 11.6 Å². The Morgan fingerprint density at radius 3 is 2.61 bits per heavy atom. The molecule has 1 atom stereocenters. The Morgan fingerprint density at radius 2 is 1.90 bits per heavy atom. The first-order valence-corrected chi connectivity index (χ1v) is 12.4. The van der Waals surface area contributed by atoms with Crippen LogP contribution in [0.1, 0.15) is 44.8 Å². The second-order valence-corrected chi connectivity index (χ2v) is 10.8. The highest BCUT2D eigenvalue weighted by atomic mass is 35.5. The molecule has 7 nitrogen and oxygen atoms in total. The number of benzene rings is 2. The molecule has 1 N–H and O–H groups in total. The molecule has 1 amide bonds. The van der Waals surface area contributed by atoms with Crippen molar-refractivity contribution in [2.45, 2.75) is 37.6 Å². The lowest BCUT2D eigenvalue weighted by molar-refractivity contribution is 0.102. The molecular weight excluding hydrogens is 456 g/mol. The molecule has 1 aliphatic rings. The van der Waals surface area contributed by atoms with Gasteiger partial charge in [-0.2, -0.15) is 4.31 Å². The van der Waals surface area contributed by atoms with Crippen molar-refractivity contribution in [1.82, 2.24) is 14.5 Å². The monoisotopic (exact) mass is 476 g/mol. The Kier molecular flexibility index (Phi) is 6.11. The summed E-state index contributed by atoms with van der Waals surface area (Å²) < 4.78 is 28.2. The molecule has 0 unspecified atom stereocenters. The van der Waals surface area contributed by atoms with Crippen LogP contribution >= 0.6 is 22.9 Å². The van der Waals surface area contributed by atoms with Gasteiger partial charge in [-0.1, -0.05) is 40.6 Å². The molecule has 0 spiro atoms. The summed E-state index contributed by atoms with van der Waals surface area (Å²) in [6, 6.07) is 11.6. The third kappa shape index (κ3) is 4.50. The number of carbonyl (C=O) groups excluding carboxylic acids is 1.